The van der Waals surface area contributed by atoms with E-state index in [0.29, 0.717) is 28.8 Å². The highest BCUT2D eigenvalue weighted by Gasteiger charge is 2.30. The quantitative estimate of drug-likeness (QED) is 0.659. The van der Waals surface area contributed by atoms with Crippen molar-refractivity contribution in [2.75, 3.05) is 0 Å². The van der Waals surface area contributed by atoms with Crippen LogP contribution in [0.25, 0.3) is 17.1 Å². The van der Waals surface area contributed by atoms with Crippen molar-refractivity contribution >= 4 is 35.2 Å². The molecule has 3 aromatic rings. The number of nitrogens with zero attached hydrogens (tertiary/aromatic N) is 3. The molecule has 0 spiro atoms. The Balaban J connectivity index is 1.76. The first-order valence-electron chi connectivity index (χ1n) is 8.80. The van der Waals surface area contributed by atoms with Crippen LogP contribution in [-0.2, 0) is 9.59 Å². The minimum Gasteiger partial charge on any atom is -0.295 e. The van der Waals surface area contributed by atoms with E-state index in [9.17, 15) is 9.59 Å². The molecule has 1 aliphatic rings. The lowest BCUT2D eigenvalue weighted by Gasteiger charge is -2.20. The number of rotatable bonds is 4. The van der Waals surface area contributed by atoms with Gasteiger partial charge in [-0.25, -0.2) is 0 Å². The number of hydrogen-bond acceptors (Lipinski definition) is 5. The summed E-state index contributed by atoms with van der Waals surface area (Å²) in [6.07, 6.45) is 0.798. The van der Waals surface area contributed by atoms with Crippen LogP contribution in [0.5, 0.6) is 0 Å². The molecule has 0 aliphatic carbocycles. The molecule has 2 amide bonds. The zero-order valence-corrected chi connectivity index (χ0v) is 16.6. The van der Waals surface area contributed by atoms with Crippen molar-refractivity contribution in [2.45, 2.75) is 30.2 Å². The van der Waals surface area contributed by atoms with Crippen LogP contribution < -0.4 is 5.32 Å². The van der Waals surface area contributed by atoms with Crippen LogP contribution in [0.3, 0.4) is 0 Å². The van der Waals surface area contributed by atoms with Crippen LogP contribution in [0, 0.1) is 6.92 Å². The second-order valence-electron chi connectivity index (χ2n) is 6.54. The Morgan fingerprint density at radius 2 is 1.79 bits per heavy atom. The first-order valence-corrected chi connectivity index (χ1v) is 10.1. The molecule has 1 saturated heterocycles. The summed E-state index contributed by atoms with van der Waals surface area (Å²) in [5, 5.41) is 11.9. The summed E-state index contributed by atoms with van der Waals surface area (Å²) in [7, 11) is 0. The Hall–Kier alpha value is -2.64. The summed E-state index contributed by atoms with van der Waals surface area (Å²) in [5.41, 5.74) is 2.92. The minimum atomic E-state index is -0.390. The number of hydrogen-bond donors (Lipinski definition) is 1. The number of carbonyl (C=O) groups is 2. The summed E-state index contributed by atoms with van der Waals surface area (Å²) >= 11 is 7.36. The molecule has 0 bridgehead atoms. The minimum absolute atomic E-state index is 0.235. The SMILES string of the molecule is Cc1ccc(-c2nnc(SC3CCC(=O)NC3=O)n2-c2ccc(Cl)cc2)cc1. The average Bonchev–Trinajstić information content (AvgIpc) is 3.09. The number of piperidine rings is 1. The summed E-state index contributed by atoms with van der Waals surface area (Å²) in [5.74, 6) is 0.155. The van der Waals surface area contributed by atoms with E-state index in [1.54, 1.807) is 12.1 Å². The van der Waals surface area contributed by atoms with Crippen LogP contribution in [0.4, 0.5) is 0 Å². The number of amides is 2. The van der Waals surface area contributed by atoms with Gasteiger partial charge in [0, 0.05) is 22.7 Å². The second-order valence-corrected chi connectivity index (χ2v) is 8.15. The lowest BCUT2D eigenvalue weighted by molar-refractivity contribution is -0.132. The molecule has 2 aromatic carbocycles. The lowest BCUT2D eigenvalue weighted by atomic mass is 10.1. The molecular formula is C20H17ClN4O2S. The van der Waals surface area contributed by atoms with Gasteiger partial charge in [0.15, 0.2) is 11.0 Å². The lowest BCUT2D eigenvalue weighted by Crippen LogP contribution is -2.42. The van der Waals surface area contributed by atoms with Gasteiger partial charge >= 0.3 is 0 Å². The number of imide groups is 1. The maximum atomic E-state index is 12.2. The van der Waals surface area contributed by atoms with Crippen LogP contribution >= 0.6 is 23.4 Å². The van der Waals surface area contributed by atoms with E-state index in [-0.39, 0.29) is 17.1 Å². The fraction of sp³-hybridized carbons (Fsp3) is 0.200. The first-order chi connectivity index (χ1) is 13.5. The van der Waals surface area contributed by atoms with E-state index in [4.69, 9.17) is 11.6 Å². The molecule has 1 unspecified atom stereocenters. The van der Waals surface area contributed by atoms with Crippen molar-refractivity contribution < 1.29 is 9.59 Å². The molecule has 142 valence electrons. The van der Waals surface area contributed by atoms with E-state index in [1.807, 2.05) is 47.9 Å². The summed E-state index contributed by atoms with van der Waals surface area (Å²) < 4.78 is 1.91. The molecule has 1 atom stereocenters. The van der Waals surface area contributed by atoms with Crippen molar-refractivity contribution in [3.05, 3.63) is 59.1 Å². The van der Waals surface area contributed by atoms with Gasteiger partial charge in [-0.2, -0.15) is 0 Å². The Labute approximate surface area is 171 Å². The van der Waals surface area contributed by atoms with Crippen molar-refractivity contribution in [1.82, 2.24) is 20.1 Å². The van der Waals surface area contributed by atoms with Gasteiger partial charge in [-0.1, -0.05) is 53.2 Å². The predicted octanol–water partition coefficient (Wildman–Crippen LogP) is 3.79. The molecule has 0 saturated carbocycles. The molecular weight excluding hydrogens is 396 g/mol. The zero-order chi connectivity index (χ0) is 19.7. The fourth-order valence-electron chi connectivity index (χ4n) is 2.97. The summed E-state index contributed by atoms with van der Waals surface area (Å²) in [4.78, 5) is 23.6. The van der Waals surface area contributed by atoms with E-state index in [1.165, 1.54) is 11.8 Å². The molecule has 6 nitrogen and oxygen atoms in total. The van der Waals surface area contributed by atoms with Crippen molar-refractivity contribution in [3.63, 3.8) is 0 Å². The first kappa shape index (κ1) is 18.7. The van der Waals surface area contributed by atoms with Gasteiger partial charge < -0.3 is 0 Å². The average molecular weight is 413 g/mol. The van der Waals surface area contributed by atoms with E-state index in [0.717, 1.165) is 16.8 Å². The number of aryl methyl sites for hydroxylation is 1. The topological polar surface area (TPSA) is 76.9 Å². The third-order valence-electron chi connectivity index (χ3n) is 4.46. The molecule has 8 heteroatoms. The molecule has 1 aliphatic heterocycles. The van der Waals surface area contributed by atoms with E-state index >= 15 is 0 Å². The number of carbonyl (C=O) groups excluding carboxylic acids is 2. The maximum absolute atomic E-state index is 12.2. The van der Waals surface area contributed by atoms with Crippen molar-refractivity contribution in [1.29, 1.82) is 0 Å². The molecule has 1 N–H and O–H groups in total. The standard InChI is InChI=1S/C20H17ClN4O2S/c1-12-2-4-13(5-3-12)18-23-24-20(25(18)15-8-6-14(21)7-9-15)28-16-10-11-17(26)22-19(16)27/h2-9,16H,10-11H2,1H3,(H,22,26,27). The highest BCUT2D eigenvalue weighted by Crippen LogP contribution is 2.33. The number of aromatic nitrogens is 3. The van der Waals surface area contributed by atoms with Crippen LogP contribution in [0.15, 0.2) is 53.7 Å². The fourth-order valence-corrected chi connectivity index (χ4v) is 4.14. The molecule has 1 fully saturated rings. The van der Waals surface area contributed by atoms with E-state index < -0.39 is 0 Å². The highest BCUT2D eigenvalue weighted by molar-refractivity contribution is 8.00. The summed E-state index contributed by atoms with van der Waals surface area (Å²) in [6, 6.07) is 15.4. The van der Waals surface area contributed by atoms with Gasteiger partial charge in [0.05, 0.1) is 5.25 Å². The van der Waals surface area contributed by atoms with Crippen LogP contribution in [-0.4, -0.2) is 31.8 Å². The molecule has 2 heterocycles. The maximum Gasteiger partial charge on any atom is 0.240 e. The normalized spacial score (nSPS) is 16.9. The van der Waals surface area contributed by atoms with Crippen molar-refractivity contribution in [2.24, 2.45) is 0 Å². The summed E-state index contributed by atoms with van der Waals surface area (Å²) in [6.45, 7) is 2.03. The van der Waals surface area contributed by atoms with Crippen molar-refractivity contribution in [3.8, 4) is 17.1 Å². The largest absolute Gasteiger partial charge is 0.295 e. The second kappa shape index (κ2) is 7.77. The van der Waals surface area contributed by atoms with Gasteiger partial charge in [0.25, 0.3) is 0 Å². The van der Waals surface area contributed by atoms with Crippen LogP contribution in [0.1, 0.15) is 18.4 Å². The monoisotopic (exact) mass is 412 g/mol. The molecule has 28 heavy (non-hydrogen) atoms. The third kappa shape index (κ3) is 3.81. The molecule has 0 radical (unpaired) electrons. The third-order valence-corrected chi connectivity index (χ3v) is 5.93. The number of halogens is 1. The smallest absolute Gasteiger partial charge is 0.240 e. The number of nitrogens with one attached hydrogen (secondary N) is 1. The zero-order valence-electron chi connectivity index (χ0n) is 15.1. The highest BCUT2D eigenvalue weighted by atomic mass is 35.5. The molecule has 4 rings (SSSR count). The van der Waals surface area contributed by atoms with Gasteiger partial charge in [-0.3, -0.25) is 19.5 Å². The van der Waals surface area contributed by atoms with Gasteiger partial charge in [0.1, 0.15) is 0 Å². The van der Waals surface area contributed by atoms with Crippen LogP contribution in [0.2, 0.25) is 5.02 Å². The van der Waals surface area contributed by atoms with Gasteiger partial charge in [-0.05, 0) is 37.6 Å². The van der Waals surface area contributed by atoms with E-state index in [2.05, 4.69) is 15.5 Å². The number of benzene rings is 2. The van der Waals surface area contributed by atoms with Gasteiger partial charge in [-0.15, -0.1) is 10.2 Å². The predicted molar refractivity (Wildman–Crippen MR) is 109 cm³/mol. The molecule has 1 aromatic heterocycles. The van der Waals surface area contributed by atoms with Gasteiger partial charge in [0.2, 0.25) is 11.8 Å². The Morgan fingerprint density at radius 1 is 1.07 bits per heavy atom. The Bertz CT molecular complexity index is 1030. The Morgan fingerprint density at radius 3 is 2.46 bits per heavy atom. The number of thioether (sulfide) groups is 1. The Kier molecular flexibility index (Phi) is 5.19.